The molecule has 130 valence electrons. The van der Waals surface area contributed by atoms with Gasteiger partial charge in [0.15, 0.2) is 0 Å². The number of fused-ring (bicyclic) bond motifs is 1. The molecule has 1 aliphatic carbocycles. The van der Waals surface area contributed by atoms with Crippen molar-refractivity contribution in [1.82, 2.24) is 10.2 Å². The molecule has 0 radical (unpaired) electrons. The van der Waals surface area contributed by atoms with Gasteiger partial charge in [-0.3, -0.25) is 4.79 Å². The number of carbonyl (C=O) groups is 2. The van der Waals surface area contributed by atoms with E-state index in [-0.39, 0.29) is 18.0 Å². The number of hydrogen-bond donors (Lipinski definition) is 2. The first kappa shape index (κ1) is 16.8. The molecule has 1 saturated heterocycles. The van der Waals surface area contributed by atoms with Crippen molar-refractivity contribution >= 4 is 12.0 Å². The van der Waals surface area contributed by atoms with Gasteiger partial charge in [0, 0.05) is 13.1 Å². The molecule has 3 rings (SSSR count). The van der Waals surface area contributed by atoms with Gasteiger partial charge in [-0.1, -0.05) is 50.1 Å². The maximum Gasteiger partial charge on any atom is 0.317 e. The van der Waals surface area contributed by atoms with E-state index in [9.17, 15) is 14.7 Å². The van der Waals surface area contributed by atoms with E-state index in [2.05, 4.69) is 12.2 Å². The molecule has 2 N–H and O–H groups in total. The number of hydrogen-bond acceptors (Lipinski definition) is 2. The van der Waals surface area contributed by atoms with E-state index in [1.165, 1.54) is 0 Å². The summed E-state index contributed by atoms with van der Waals surface area (Å²) in [5.41, 5.74) is 0.379. The third-order valence-electron chi connectivity index (χ3n) is 5.66. The van der Waals surface area contributed by atoms with Crippen molar-refractivity contribution in [3.63, 3.8) is 0 Å². The van der Waals surface area contributed by atoms with E-state index in [0.717, 1.165) is 31.2 Å². The molecule has 0 aromatic heterocycles. The number of nitrogens with one attached hydrogen (secondary N) is 1. The zero-order valence-corrected chi connectivity index (χ0v) is 14.2. The summed E-state index contributed by atoms with van der Waals surface area (Å²) >= 11 is 0. The van der Waals surface area contributed by atoms with Crippen LogP contribution < -0.4 is 5.32 Å². The molecule has 5 nitrogen and oxygen atoms in total. The molecule has 1 unspecified atom stereocenters. The van der Waals surface area contributed by atoms with Crippen molar-refractivity contribution in [2.45, 2.75) is 45.1 Å². The summed E-state index contributed by atoms with van der Waals surface area (Å²) in [5, 5.41) is 12.8. The van der Waals surface area contributed by atoms with Crippen LogP contribution in [0.1, 0.15) is 50.6 Å². The number of amides is 2. The van der Waals surface area contributed by atoms with Crippen LogP contribution in [0.5, 0.6) is 0 Å². The maximum atomic E-state index is 12.7. The lowest BCUT2D eigenvalue weighted by Crippen LogP contribution is -2.42. The maximum absolute atomic E-state index is 12.7. The fourth-order valence-electron chi connectivity index (χ4n) is 4.33. The normalized spacial score (nSPS) is 26.9. The molecule has 5 heteroatoms. The van der Waals surface area contributed by atoms with Crippen molar-refractivity contribution in [3.8, 4) is 0 Å². The summed E-state index contributed by atoms with van der Waals surface area (Å²) in [6, 6.07) is 9.81. The monoisotopic (exact) mass is 330 g/mol. The number of likely N-dealkylation sites (tertiary alicyclic amines) is 1. The molecule has 24 heavy (non-hydrogen) atoms. The summed E-state index contributed by atoms with van der Waals surface area (Å²) in [7, 11) is 0. The third kappa shape index (κ3) is 2.99. The van der Waals surface area contributed by atoms with Crippen LogP contribution in [0.2, 0.25) is 0 Å². The lowest BCUT2D eigenvalue weighted by atomic mass is 9.81. The Morgan fingerprint density at radius 1 is 1.38 bits per heavy atom. The van der Waals surface area contributed by atoms with E-state index < -0.39 is 11.4 Å². The standard InChI is InChI=1S/C19H26N2O3/c1-2-7-16(14-8-4-3-5-9-14)20-18(24)21-12-15-10-6-11-19(15,13-21)17(22)23/h3-5,8-9,15-16H,2,6-7,10-13H2,1H3,(H,20,24)(H,22,23)/t15-,16?,19+/m0/s1. The van der Waals surface area contributed by atoms with Crippen LogP contribution in [0.3, 0.4) is 0 Å². The lowest BCUT2D eigenvalue weighted by Gasteiger charge is -2.25. The first-order chi connectivity index (χ1) is 11.6. The minimum Gasteiger partial charge on any atom is -0.481 e. The summed E-state index contributed by atoms with van der Waals surface area (Å²) in [6.45, 7) is 3.00. The first-order valence-electron chi connectivity index (χ1n) is 8.90. The predicted molar refractivity (Wildman–Crippen MR) is 91.6 cm³/mol. The van der Waals surface area contributed by atoms with Crippen LogP contribution in [-0.2, 0) is 4.79 Å². The second-order valence-corrected chi connectivity index (χ2v) is 7.13. The molecular formula is C19H26N2O3. The second-order valence-electron chi connectivity index (χ2n) is 7.13. The average molecular weight is 330 g/mol. The molecule has 1 aromatic carbocycles. The van der Waals surface area contributed by atoms with E-state index >= 15 is 0 Å². The Morgan fingerprint density at radius 3 is 2.75 bits per heavy atom. The van der Waals surface area contributed by atoms with E-state index in [1.54, 1.807) is 4.90 Å². The van der Waals surface area contributed by atoms with Gasteiger partial charge in [0.2, 0.25) is 0 Å². The van der Waals surface area contributed by atoms with Crippen LogP contribution in [-0.4, -0.2) is 35.1 Å². The van der Waals surface area contributed by atoms with Gasteiger partial charge < -0.3 is 15.3 Å². The van der Waals surface area contributed by atoms with Crippen molar-refractivity contribution in [2.24, 2.45) is 11.3 Å². The number of carboxylic acid groups (broad SMARTS) is 1. The number of carboxylic acids is 1. The average Bonchev–Trinajstić information content (AvgIpc) is 3.13. The van der Waals surface area contributed by atoms with Gasteiger partial charge in [-0.05, 0) is 30.7 Å². The van der Waals surface area contributed by atoms with E-state index in [1.807, 2.05) is 30.3 Å². The van der Waals surface area contributed by atoms with Crippen molar-refractivity contribution in [2.75, 3.05) is 13.1 Å². The summed E-state index contributed by atoms with van der Waals surface area (Å²) in [5.74, 6) is -0.643. The van der Waals surface area contributed by atoms with Crippen molar-refractivity contribution < 1.29 is 14.7 Å². The fourth-order valence-corrected chi connectivity index (χ4v) is 4.33. The number of rotatable bonds is 5. The molecule has 1 heterocycles. The molecule has 1 aromatic rings. The highest BCUT2D eigenvalue weighted by Crippen LogP contribution is 2.48. The smallest absolute Gasteiger partial charge is 0.317 e. The highest BCUT2D eigenvalue weighted by Gasteiger charge is 2.55. The van der Waals surface area contributed by atoms with Gasteiger partial charge in [0.05, 0.1) is 11.5 Å². The van der Waals surface area contributed by atoms with Crippen molar-refractivity contribution in [3.05, 3.63) is 35.9 Å². The topological polar surface area (TPSA) is 69.6 Å². The minimum absolute atomic E-state index is 0.0232. The predicted octanol–water partition coefficient (Wildman–Crippen LogP) is 3.42. The Hall–Kier alpha value is -2.04. The Bertz CT molecular complexity index is 604. The molecule has 1 aliphatic heterocycles. The number of aliphatic carboxylic acids is 1. The molecule has 2 fully saturated rings. The number of urea groups is 1. The molecule has 3 atom stereocenters. The molecule has 2 aliphatic rings. The highest BCUT2D eigenvalue weighted by atomic mass is 16.4. The quantitative estimate of drug-likeness (QED) is 0.869. The molecular weight excluding hydrogens is 304 g/mol. The zero-order chi connectivity index (χ0) is 17.2. The van der Waals surface area contributed by atoms with Crippen LogP contribution in [0.25, 0.3) is 0 Å². The Labute approximate surface area is 143 Å². The van der Waals surface area contributed by atoms with Gasteiger partial charge >= 0.3 is 12.0 Å². The van der Waals surface area contributed by atoms with Gasteiger partial charge in [-0.15, -0.1) is 0 Å². The minimum atomic E-state index is -0.742. The number of carbonyl (C=O) groups excluding carboxylic acids is 1. The van der Waals surface area contributed by atoms with Crippen LogP contribution in [0.15, 0.2) is 30.3 Å². The van der Waals surface area contributed by atoms with Gasteiger partial charge in [-0.25, -0.2) is 4.79 Å². The molecule has 2 amide bonds. The molecule has 1 saturated carbocycles. The SMILES string of the molecule is CCCC(NC(=O)N1C[C@@H]2CCC[C@@]2(C(=O)O)C1)c1ccccc1. The van der Waals surface area contributed by atoms with Gasteiger partial charge in [-0.2, -0.15) is 0 Å². The highest BCUT2D eigenvalue weighted by molar-refractivity contribution is 5.80. The third-order valence-corrected chi connectivity index (χ3v) is 5.66. The molecule has 0 spiro atoms. The van der Waals surface area contributed by atoms with E-state index in [0.29, 0.717) is 19.5 Å². The van der Waals surface area contributed by atoms with Crippen LogP contribution >= 0.6 is 0 Å². The lowest BCUT2D eigenvalue weighted by molar-refractivity contribution is -0.149. The van der Waals surface area contributed by atoms with E-state index in [4.69, 9.17) is 0 Å². The number of benzene rings is 1. The summed E-state index contributed by atoms with van der Waals surface area (Å²) in [6.07, 6.45) is 4.40. The zero-order valence-electron chi connectivity index (χ0n) is 14.2. The Kier molecular flexibility index (Phi) is 4.78. The largest absolute Gasteiger partial charge is 0.481 e. The van der Waals surface area contributed by atoms with Crippen molar-refractivity contribution in [1.29, 1.82) is 0 Å². The van der Waals surface area contributed by atoms with Gasteiger partial charge in [0.1, 0.15) is 0 Å². The second kappa shape index (κ2) is 6.83. The van der Waals surface area contributed by atoms with Crippen LogP contribution in [0, 0.1) is 11.3 Å². The first-order valence-corrected chi connectivity index (χ1v) is 8.90. The van der Waals surface area contributed by atoms with Crippen LogP contribution in [0.4, 0.5) is 4.79 Å². The number of nitrogens with zero attached hydrogens (tertiary/aromatic N) is 1. The fraction of sp³-hybridized carbons (Fsp3) is 0.579. The summed E-state index contributed by atoms with van der Waals surface area (Å²) < 4.78 is 0. The summed E-state index contributed by atoms with van der Waals surface area (Å²) in [4.78, 5) is 26.2. The van der Waals surface area contributed by atoms with Gasteiger partial charge in [0.25, 0.3) is 0 Å². The Balaban J connectivity index is 1.69. The molecule has 0 bridgehead atoms. The Morgan fingerprint density at radius 2 is 2.12 bits per heavy atom.